The number of esters is 1. The van der Waals surface area contributed by atoms with Gasteiger partial charge in [-0.1, -0.05) is 18.2 Å². The first kappa shape index (κ1) is 18.3. The van der Waals surface area contributed by atoms with E-state index in [1.165, 1.54) is 17.0 Å². The summed E-state index contributed by atoms with van der Waals surface area (Å²) < 4.78 is 43.1. The Labute approximate surface area is 138 Å². The van der Waals surface area contributed by atoms with Crippen molar-refractivity contribution in [3.05, 3.63) is 35.4 Å². The zero-order valence-corrected chi connectivity index (χ0v) is 13.4. The van der Waals surface area contributed by atoms with E-state index in [9.17, 15) is 22.8 Å². The molecule has 0 spiro atoms. The van der Waals surface area contributed by atoms with Crippen LogP contribution in [0.2, 0.25) is 0 Å². The first-order chi connectivity index (χ1) is 11.3. The number of amides is 1. The van der Waals surface area contributed by atoms with E-state index in [0.29, 0.717) is 0 Å². The van der Waals surface area contributed by atoms with Crippen LogP contribution in [0.1, 0.15) is 37.3 Å². The summed E-state index contributed by atoms with van der Waals surface area (Å²) in [6, 6.07) is 4.67. The number of rotatable bonds is 6. The largest absolute Gasteiger partial charge is 0.465 e. The molecule has 1 aromatic carbocycles. The highest BCUT2D eigenvalue weighted by atomic mass is 19.4. The average Bonchev–Trinajstić information content (AvgIpc) is 2.44. The van der Waals surface area contributed by atoms with Crippen molar-refractivity contribution in [1.82, 2.24) is 4.90 Å². The van der Waals surface area contributed by atoms with E-state index in [-0.39, 0.29) is 37.1 Å². The highest BCUT2D eigenvalue weighted by Crippen LogP contribution is 2.30. The Balaban J connectivity index is 2.08. The molecular formula is C17H20F3NO3. The summed E-state index contributed by atoms with van der Waals surface area (Å²) in [5.74, 6) is -0.853. The minimum atomic E-state index is -4.45. The number of carbonyl (C=O) groups excluding carboxylic acids is 2. The van der Waals surface area contributed by atoms with Gasteiger partial charge >= 0.3 is 12.1 Å². The molecule has 0 atom stereocenters. The minimum absolute atomic E-state index is 0.0345. The van der Waals surface area contributed by atoms with E-state index in [1.54, 1.807) is 6.92 Å². The zero-order chi connectivity index (χ0) is 17.7. The van der Waals surface area contributed by atoms with Crippen molar-refractivity contribution in [2.45, 2.75) is 44.8 Å². The summed E-state index contributed by atoms with van der Waals surface area (Å²) in [7, 11) is 0. The highest BCUT2D eigenvalue weighted by Gasteiger charge is 2.32. The van der Waals surface area contributed by atoms with Gasteiger partial charge in [-0.3, -0.25) is 9.59 Å². The third-order valence-electron chi connectivity index (χ3n) is 4.05. The van der Waals surface area contributed by atoms with Crippen molar-refractivity contribution < 1.29 is 27.5 Å². The molecule has 24 heavy (non-hydrogen) atoms. The van der Waals surface area contributed by atoms with Crippen molar-refractivity contribution in [2.24, 2.45) is 0 Å². The molecule has 0 aromatic heterocycles. The highest BCUT2D eigenvalue weighted by molar-refractivity contribution is 5.84. The van der Waals surface area contributed by atoms with E-state index in [2.05, 4.69) is 0 Å². The van der Waals surface area contributed by atoms with Gasteiger partial charge in [0.05, 0.1) is 18.6 Å². The molecule has 1 aliphatic carbocycles. The maximum absolute atomic E-state index is 12.8. The standard InChI is InChI=1S/C17H20F3NO3/c1-2-24-16(23)11-21(14-7-4-8-14)15(22)10-12-5-3-6-13(9-12)17(18,19)20/h3,5-6,9,14H,2,4,7-8,10-11H2,1H3. The number of carbonyl (C=O) groups is 2. The van der Waals surface area contributed by atoms with Gasteiger partial charge in [0.2, 0.25) is 5.91 Å². The SMILES string of the molecule is CCOC(=O)CN(C(=O)Cc1cccc(C(F)(F)F)c1)C1CCC1. The van der Waals surface area contributed by atoms with Gasteiger partial charge in [-0.05, 0) is 37.8 Å². The predicted octanol–water partition coefficient (Wildman–Crippen LogP) is 3.19. The van der Waals surface area contributed by atoms with Crippen molar-refractivity contribution in [3.8, 4) is 0 Å². The van der Waals surface area contributed by atoms with Crippen molar-refractivity contribution in [3.63, 3.8) is 0 Å². The monoisotopic (exact) mass is 343 g/mol. The predicted molar refractivity (Wildman–Crippen MR) is 81.1 cm³/mol. The molecule has 132 valence electrons. The molecule has 7 heteroatoms. The molecule has 0 N–H and O–H groups in total. The van der Waals surface area contributed by atoms with Gasteiger partial charge in [0, 0.05) is 6.04 Å². The van der Waals surface area contributed by atoms with Gasteiger partial charge in [0.1, 0.15) is 6.54 Å². The number of ether oxygens (including phenoxy) is 1. The second kappa shape index (κ2) is 7.68. The Morgan fingerprint density at radius 3 is 2.54 bits per heavy atom. The second-order valence-corrected chi connectivity index (χ2v) is 5.79. The Hall–Kier alpha value is -2.05. The molecule has 0 radical (unpaired) electrons. The number of nitrogens with zero attached hydrogens (tertiary/aromatic N) is 1. The zero-order valence-electron chi connectivity index (χ0n) is 13.4. The lowest BCUT2D eigenvalue weighted by Crippen LogP contribution is -2.47. The molecule has 1 aromatic rings. The van der Waals surface area contributed by atoms with Gasteiger partial charge in [0.25, 0.3) is 0 Å². The number of halogens is 3. The molecule has 0 heterocycles. The molecule has 1 amide bonds. The fraction of sp³-hybridized carbons (Fsp3) is 0.529. The molecule has 1 aliphatic rings. The lowest BCUT2D eigenvalue weighted by Gasteiger charge is -2.37. The molecule has 1 fully saturated rings. The van der Waals surface area contributed by atoms with Crippen LogP contribution in [-0.2, 0) is 26.9 Å². The van der Waals surface area contributed by atoms with Crippen molar-refractivity contribution in [2.75, 3.05) is 13.2 Å². The maximum atomic E-state index is 12.8. The van der Waals surface area contributed by atoms with E-state index in [4.69, 9.17) is 4.74 Å². The molecule has 1 saturated carbocycles. The van der Waals surface area contributed by atoms with Gasteiger partial charge in [0.15, 0.2) is 0 Å². The molecule has 4 nitrogen and oxygen atoms in total. The average molecular weight is 343 g/mol. The number of alkyl halides is 3. The van der Waals surface area contributed by atoms with Crippen LogP contribution < -0.4 is 0 Å². The number of benzene rings is 1. The molecule has 0 bridgehead atoms. The second-order valence-electron chi connectivity index (χ2n) is 5.79. The van der Waals surface area contributed by atoms with Crippen LogP contribution >= 0.6 is 0 Å². The first-order valence-electron chi connectivity index (χ1n) is 7.92. The molecular weight excluding hydrogens is 323 g/mol. The van der Waals surface area contributed by atoms with Gasteiger partial charge < -0.3 is 9.64 Å². The van der Waals surface area contributed by atoms with Crippen LogP contribution in [0.5, 0.6) is 0 Å². The summed E-state index contributed by atoms with van der Waals surface area (Å²) in [5.41, 5.74) is -0.503. The summed E-state index contributed by atoms with van der Waals surface area (Å²) in [4.78, 5) is 25.6. The van der Waals surface area contributed by atoms with Gasteiger partial charge in [-0.2, -0.15) is 13.2 Å². The Morgan fingerprint density at radius 1 is 1.29 bits per heavy atom. The summed E-state index contributed by atoms with van der Waals surface area (Å²) in [5, 5.41) is 0. The molecule has 0 unspecified atom stereocenters. The molecule has 0 aliphatic heterocycles. The third-order valence-corrected chi connectivity index (χ3v) is 4.05. The van der Waals surface area contributed by atoms with Crippen LogP contribution in [0.3, 0.4) is 0 Å². The Morgan fingerprint density at radius 2 is 2.00 bits per heavy atom. The summed E-state index contributed by atoms with van der Waals surface area (Å²) in [6.45, 7) is 1.74. The van der Waals surface area contributed by atoms with Crippen LogP contribution in [0.25, 0.3) is 0 Å². The number of hydrogen-bond donors (Lipinski definition) is 0. The van der Waals surface area contributed by atoms with Crippen LogP contribution in [0, 0.1) is 0 Å². The van der Waals surface area contributed by atoms with Gasteiger partial charge in [-0.15, -0.1) is 0 Å². The normalized spacial score (nSPS) is 14.8. The van der Waals surface area contributed by atoms with E-state index >= 15 is 0 Å². The fourth-order valence-corrected chi connectivity index (χ4v) is 2.60. The number of hydrogen-bond acceptors (Lipinski definition) is 3. The molecule has 0 saturated heterocycles. The first-order valence-corrected chi connectivity index (χ1v) is 7.92. The molecule has 2 rings (SSSR count). The van der Waals surface area contributed by atoms with E-state index < -0.39 is 17.7 Å². The smallest absolute Gasteiger partial charge is 0.416 e. The topological polar surface area (TPSA) is 46.6 Å². The van der Waals surface area contributed by atoms with Crippen molar-refractivity contribution in [1.29, 1.82) is 0 Å². The summed E-state index contributed by atoms with van der Waals surface area (Å²) >= 11 is 0. The van der Waals surface area contributed by atoms with Crippen LogP contribution in [-0.4, -0.2) is 36.0 Å². The fourth-order valence-electron chi connectivity index (χ4n) is 2.60. The van der Waals surface area contributed by atoms with Gasteiger partial charge in [-0.25, -0.2) is 0 Å². The van der Waals surface area contributed by atoms with Crippen molar-refractivity contribution >= 4 is 11.9 Å². The van der Waals surface area contributed by atoms with Crippen LogP contribution in [0.4, 0.5) is 13.2 Å². The minimum Gasteiger partial charge on any atom is -0.465 e. The lowest BCUT2D eigenvalue weighted by atomic mass is 9.91. The quantitative estimate of drug-likeness (QED) is 0.745. The third kappa shape index (κ3) is 4.72. The summed E-state index contributed by atoms with van der Waals surface area (Å²) in [6.07, 6.45) is -2.04. The maximum Gasteiger partial charge on any atom is 0.416 e. The van der Waals surface area contributed by atoms with Crippen LogP contribution in [0.15, 0.2) is 24.3 Å². The lowest BCUT2D eigenvalue weighted by molar-refractivity contribution is -0.151. The van der Waals surface area contributed by atoms with E-state index in [0.717, 1.165) is 31.4 Å². The Bertz CT molecular complexity index is 597. The van der Waals surface area contributed by atoms with E-state index in [1.807, 2.05) is 0 Å². The Kier molecular flexibility index (Phi) is 5.85.